The van der Waals surface area contributed by atoms with Crippen LogP contribution < -0.4 is 5.32 Å². The maximum atomic E-state index is 10.6. The molecule has 0 aromatic carbocycles. The normalized spacial score (nSPS) is 9.50. The van der Waals surface area contributed by atoms with E-state index in [1.807, 2.05) is 0 Å². The van der Waals surface area contributed by atoms with Gasteiger partial charge in [-0.3, -0.25) is 0 Å². The summed E-state index contributed by atoms with van der Waals surface area (Å²) in [5, 5.41) is 11.6. The molecule has 0 unspecified atom stereocenters. The Hall–Kier alpha value is -1.29. The van der Waals surface area contributed by atoms with Crippen molar-refractivity contribution in [3.8, 4) is 0 Å². The summed E-state index contributed by atoms with van der Waals surface area (Å²) in [5.74, 6) is -0.735. The Bertz CT molecular complexity index is 314. The van der Waals surface area contributed by atoms with Gasteiger partial charge in [0, 0.05) is 13.2 Å². The Kier molecular flexibility index (Phi) is 2.50. The zero-order chi connectivity index (χ0) is 9.14. The van der Waals surface area contributed by atoms with Crippen LogP contribution in [0.15, 0.2) is 12.3 Å². The van der Waals surface area contributed by atoms with Gasteiger partial charge in [-0.25, -0.2) is 9.78 Å². The summed E-state index contributed by atoms with van der Waals surface area (Å²) in [7, 11) is 1.60. The van der Waals surface area contributed by atoms with E-state index in [1.54, 1.807) is 7.05 Å². The maximum absolute atomic E-state index is 10.6. The molecule has 0 aliphatic rings. The van der Waals surface area contributed by atoms with Crippen LogP contribution in [0, 0.1) is 0 Å². The standard InChI is InChI=1S/C7H7ClN2O2/c1-9-6-5(7(11)12)2-4(8)3-10-6/h2-3H,1H3,(H,9,10)(H,11,12). The van der Waals surface area contributed by atoms with Crippen molar-refractivity contribution in [3.05, 3.63) is 22.8 Å². The summed E-state index contributed by atoms with van der Waals surface area (Å²) in [4.78, 5) is 14.4. The van der Waals surface area contributed by atoms with E-state index < -0.39 is 5.97 Å². The van der Waals surface area contributed by atoms with E-state index in [9.17, 15) is 4.79 Å². The van der Waals surface area contributed by atoms with Gasteiger partial charge >= 0.3 is 5.97 Å². The molecule has 0 atom stereocenters. The van der Waals surface area contributed by atoms with Gasteiger partial charge in [0.2, 0.25) is 0 Å². The first-order valence-corrected chi connectivity index (χ1v) is 3.59. The third-order valence-corrected chi connectivity index (χ3v) is 1.53. The summed E-state index contributed by atoms with van der Waals surface area (Å²) >= 11 is 5.56. The third kappa shape index (κ3) is 1.65. The highest BCUT2D eigenvalue weighted by Crippen LogP contribution is 2.16. The highest BCUT2D eigenvalue weighted by atomic mass is 35.5. The Balaban J connectivity index is 3.21. The zero-order valence-corrected chi connectivity index (χ0v) is 7.09. The highest BCUT2D eigenvalue weighted by Gasteiger charge is 2.10. The Morgan fingerprint density at radius 2 is 2.42 bits per heavy atom. The Morgan fingerprint density at radius 1 is 1.75 bits per heavy atom. The van der Waals surface area contributed by atoms with Gasteiger partial charge in [-0.15, -0.1) is 0 Å². The minimum absolute atomic E-state index is 0.0741. The smallest absolute Gasteiger partial charge is 0.339 e. The number of aromatic carboxylic acids is 1. The topological polar surface area (TPSA) is 62.2 Å². The van der Waals surface area contributed by atoms with E-state index in [1.165, 1.54) is 12.3 Å². The molecule has 64 valence electrons. The lowest BCUT2D eigenvalue weighted by atomic mass is 10.2. The van der Waals surface area contributed by atoms with E-state index >= 15 is 0 Å². The summed E-state index contributed by atoms with van der Waals surface area (Å²) in [6.07, 6.45) is 1.39. The number of carbonyl (C=O) groups is 1. The first-order valence-electron chi connectivity index (χ1n) is 3.21. The molecule has 0 amide bonds. The van der Waals surface area contributed by atoms with Crippen LogP contribution in [0.1, 0.15) is 10.4 Å². The molecule has 5 heteroatoms. The van der Waals surface area contributed by atoms with Crippen LogP contribution in [-0.2, 0) is 0 Å². The number of halogens is 1. The van der Waals surface area contributed by atoms with E-state index in [4.69, 9.17) is 16.7 Å². The zero-order valence-electron chi connectivity index (χ0n) is 6.34. The molecule has 4 nitrogen and oxygen atoms in total. The lowest BCUT2D eigenvalue weighted by Gasteiger charge is -2.02. The van der Waals surface area contributed by atoms with Crippen molar-refractivity contribution < 1.29 is 9.90 Å². The largest absolute Gasteiger partial charge is 0.478 e. The first kappa shape index (κ1) is 8.80. The second-order valence-corrected chi connectivity index (χ2v) is 2.54. The van der Waals surface area contributed by atoms with E-state index in [2.05, 4.69) is 10.3 Å². The fraction of sp³-hybridized carbons (Fsp3) is 0.143. The maximum Gasteiger partial charge on any atom is 0.339 e. The molecule has 0 fully saturated rings. The van der Waals surface area contributed by atoms with Crippen molar-refractivity contribution in [1.82, 2.24) is 4.98 Å². The second kappa shape index (κ2) is 3.40. The highest BCUT2D eigenvalue weighted by molar-refractivity contribution is 6.30. The Labute approximate surface area is 74.2 Å². The van der Waals surface area contributed by atoms with Crippen LogP contribution in [0.3, 0.4) is 0 Å². The number of carboxylic acids is 1. The molecule has 1 rings (SSSR count). The quantitative estimate of drug-likeness (QED) is 0.735. The molecule has 0 bridgehead atoms. The van der Waals surface area contributed by atoms with Gasteiger partial charge in [0.25, 0.3) is 0 Å². The fourth-order valence-electron chi connectivity index (χ4n) is 0.802. The number of nitrogens with one attached hydrogen (secondary N) is 1. The van der Waals surface area contributed by atoms with Crippen LogP contribution in [0.5, 0.6) is 0 Å². The number of rotatable bonds is 2. The van der Waals surface area contributed by atoms with E-state index in [0.717, 1.165) is 0 Å². The molecule has 0 radical (unpaired) electrons. The second-order valence-electron chi connectivity index (χ2n) is 2.10. The summed E-state index contributed by atoms with van der Waals surface area (Å²) < 4.78 is 0. The predicted octanol–water partition coefficient (Wildman–Crippen LogP) is 1.47. The number of hydrogen-bond acceptors (Lipinski definition) is 3. The number of pyridine rings is 1. The van der Waals surface area contributed by atoms with Crippen molar-refractivity contribution in [2.45, 2.75) is 0 Å². The lowest BCUT2D eigenvalue weighted by molar-refractivity contribution is 0.0697. The molecule has 0 spiro atoms. The van der Waals surface area contributed by atoms with Gasteiger partial charge in [-0.1, -0.05) is 11.6 Å². The molecule has 0 saturated carbocycles. The molecule has 1 heterocycles. The van der Waals surface area contributed by atoms with Crippen LogP contribution in [-0.4, -0.2) is 23.1 Å². The lowest BCUT2D eigenvalue weighted by Crippen LogP contribution is -2.04. The predicted molar refractivity (Wildman–Crippen MR) is 45.8 cm³/mol. The van der Waals surface area contributed by atoms with Crippen molar-refractivity contribution >= 4 is 23.4 Å². The monoisotopic (exact) mass is 186 g/mol. The van der Waals surface area contributed by atoms with Crippen LogP contribution >= 0.6 is 11.6 Å². The molecule has 1 aromatic heterocycles. The molecular formula is C7H7ClN2O2. The van der Waals surface area contributed by atoms with Gasteiger partial charge < -0.3 is 10.4 Å². The number of anilines is 1. The summed E-state index contributed by atoms with van der Waals surface area (Å²) in [5.41, 5.74) is 0.0741. The number of nitrogens with zero attached hydrogens (tertiary/aromatic N) is 1. The molecule has 1 aromatic rings. The SMILES string of the molecule is CNc1ncc(Cl)cc1C(=O)O. The minimum atomic E-state index is -1.05. The average molecular weight is 187 g/mol. The molecule has 0 aliphatic carbocycles. The van der Waals surface area contributed by atoms with E-state index in [-0.39, 0.29) is 5.56 Å². The number of hydrogen-bond donors (Lipinski definition) is 2. The van der Waals surface area contributed by atoms with Gasteiger partial charge in [-0.2, -0.15) is 0 Å². The van der Waals surface area contributed by atoms with Crippen LogP contribution in [0.2, 0.25) is 5.02 Å². The van der Waals surface area contributed by atoms with Gasteiger partial charge in [0.05, 0.1) is 5.02 Å². The van der Waals surface area contributed by atoms with Crippen LogP contribution in [0.4, 0.5) is 5.82 Å². The number of carboxylic acid groups (broad SMARTS) is 1. The van der Waals surface area contributed by atoms with E-state index in [0.29, 0.717) is 10.8 Å². The molecule has 2 N–H and O–H groups in total. The average Bonchev–Trinajstić information content (AvgIpc) is 2.04. The molecule has 12 heavy (non-hydrogen) atoms. The molecule has 0 aliphatic heterocycles. The van der Waals surface area contributed by atoms with Crippen molar-refractivity contribution in [2.24, 2.45) is 0 Å². The van der Waals surface area contributed by atoms with Gasteiger partial charge in [-0.05, 0) is 6.07 Å². The number of aromatic nitrogens is 1. The van der Waals surface area contributed by atoms with Crippen molar-refractivity contribution in [1.29, 1.82) is 0 Å². The molecule has 0 saturated heterocycles. The third-order valence-electron chi connectivity index (χ3n) is 1.32. The summed E-state index contributed by atoms with van der Waals surface area (Å²) in [6.45, 7) is 0. The Morgan fingerprint density at radius 3 is 2.92 bits per heavy atom. The summed E-state index contributed by atoms with van der Waals surface area (Å²) in [6, 6.07) is 1.35. The van der Waals surface area contributed by atoms with Crippen molar-refractivity contribution in [3.63, 3.8) is 0 Å². The van der Waals surface area contributed by atoms with Gasteiger partial charge in [0.1, 0.15) is 11.4 Å². The minimum Gasteiger partial charge on any atom is -0.478 e. The van der Waals surface area contributed by atoms with Crippen LogP contribution in [0.25, 0.3) is 0 Å². The van der Waals surface area contributed by atoms with Gasteiger partial charge in [0.15, 0.2) is 0 Å². The molecular weight excluding hydrogens is 180 g/mol. The fourth-order valence-corrected chi connectivity index (χ4v) is 0.959. The first-order chi connectivity index (χ1) is 5.65. The van der Waals surface area contributed by atoms with Crippen molar-refractivity contribution in [2.75, 3.05) is 12.4 Å².